The third kappa shape index (κ3) is 2.99. The Hall–Kier alpha value is -2.27. The molecule has 1 aliphatic rings. The van der Waals surface area contributed by atoms with Crippen LogP contribution in [0.5, 0.6) is 0 Å². The number of rotatable bonds is 2. The Bertz CT molecular complexity index is 670. The van der Waals surface area contributed by atoms with E-state index in [-0.39, 0.29) is 12.0 Å². The number of carbonyl (C=O) groups excluding carboxylic acids is 1. The van der Waals surface area contributed by atoms with Gasteiger partial charge in [0.25, 0.3) is 5.91 Å². The van der Waals surface area contributed by atoms with Crippen LogP contribution in [0.2, 0.25) is 0 Å². The number of aromatic nitrogens is 2. The average molecular weight is 297 g/mol. The van der Waals surface area contributed by atoms with Crippen molar-refractivity contribution in [2.75, 3.05) is 19.7 Å². The molecule has 1 saturated heterocycles. The highest BCUT2D eigenvalue weighted by Crippen LogP contribution is 2.22. The number of morpholine rings is 1. The van der Waals surface area contributed by atoms with Crippen LogP contribution in [-0.2, 0) is 4.74 Å². The first-order valence-electron chi connectivity index (χ1n) is 7.40. The molecule has 1 atom stereocenters. The molecule has 0 bridgehead atoms. The van der Waals surface area contributed by atoms with Crippen LogP contribution in [0.15, 0.2) is 36.7 Å². The third-order valence-electron chi connectivity index (χ3n) is 3.83. The van der Waals surface area contributed by atoms with E-state index in [1.165, 1.54) is 0 Å². The van der Waals surface area contributed by atoms with Crippen LogP contribution in [0.3, 0.4) is 0 Å². The highest BCUT2D eigenvalue weighted by atomic mass is 16.5. The molecule has 3 rings (SSSR count). The topological polar surface area (TPSA) is 55.3 Å². The molecule has 1 amide bonds. The minimum absolute atomic E-state index is 0.0430. The molecule has 114 valence electrons. The van der Waals surface area contributed by atoms with E-state index in [4.69, 9.17) is 4.74 Å². The lowest BCUT2D eigenvalue weighted by Crippen LogP contribution is -2.43. The monoisotopic (exact) mass is 297 g/mol. The molecule has 3 heterocycles. The van der Waals surface area contributed by atoms with E-state index in [1.54, 1.807) is 11.1 Å². The fraction of sp³-hybridized carbons (Fsp3) is 0.353. The van der Waals surface area contributed by atoms with Gasteiger partial charge in [0.1, 0.15) is 11.8 Å². The van der Waals surface area contributed by atoms with Gasteiger partial charge in [-0.1, -0.05) is 12.1 Å². The van der Waals surface area contributed by atoms with Gasteiger partial charge in [0.15, 0.2) is 0 Å². The van der Waals surface area contributed by atoms with Crippen LogP contribution in [0, 0.1) is 13.8 Å². The molecule has 0 N–H and O–H groups in total. The Morgan fingerprint density at radius 2 is 2.14 bits per heavy atom. The first kappa shape index (κ1) is 14.7. The number of aryl methyl sites for hydroxylation is 2. The van der Waals surface area contributed by atoms with Gasteiger partial charge in [-0.15, -0.1) is 0 Å². The van der Waals surface area contributed by atoms with Gasteiger partial charge in [0.2, 0.25) is 0 Å². The van der Waals surface area contributed by atoms with Crippen LogP contribution in [0.4, 0.5) is 0 Å². The second-order valence-corrected chi connectivity index (χ2v) is 5.54. The highest BCUT2D eigenvalue weighted by Gasteiger charge is 2.28. The van der Waals surface area contributed by atoms with Crippen molar-refractivity contribution in [2.45, 2.75) is 20.0 Å². The van der Waals surface area contributed by atoms with Crippen LogP contribution < -0.4 is 0 Å². The molecule has 1 aliphatic heterocycles. The van der Waals surface area contributed by atoms with Crippen molar-refractivity contribution in [1.82, 2.24) is 14.9 Å². The van der Waals surface area contributed by atoms with Gasteiger partial charge in [-0.2, -0.15) is 0 Å². The minimum Gasteiger partial charge on any atom is -0.368 e. The summed E-state index contributed by atoms with van der Waals surface area (Å²) in [4.78, 5) is 23.1. The van der Waals surface area contributed by atoms with Gasteiger partial charge in [-0.25, -0.2) is 0 Å². The Labute approximate surface area is 130 Å². The van der Waals surface area contributed by atoms with Gasteiger partial charge >= 0.3 is 0 Å². The summed E-state index contributed by atoms with van der Waals surface area (Å²) < 4.78 is 5.77. The largest absolute Gasteiger partial charge is 0.368 e. The number of hydrogen-bond acceptors (Lipinski definition) is 4. The van der Waals surface area contributed by atoms with Gasteiger partial charge in [0, 0.05) is 18.9 Å². The maximum absolute atomic E-state index is 12.6. The molecule has 22 heavy (non-hydrogen) atoms. The molecule has 1 unspecified atom stereocenters. The summed E-state index contributed by atoms with van der Waals surface area (Å²) in [6.45, 7) is 5.50. The normalized spacial score (nSPS) is 18.3. The van der Waals surface area contributed by atoms with Gasteiger partial charge < -0.3 is 9.64 Å². The number of amides is 1. The summed E-state index contributed by atoms with van der Waals surface area (Å²) in [5.74, 6) is -0.0430. The van der Waals surface area contributed by atoms with E-state index in [1.807, 2.05) is 44.3 Å². The van der Waals surface area contributed by atoms with Crippen LogP contribution in [-0.4, -0.2) is 40.5 Å². The van der Waals surface area contributed by atoms with Crippen LogP contribution in [0.25, 0.3) is 0 Å². The number of pyridine rings is 2. The highest BCUT2D eigenvalue weighted by molar-refractivity contribution is 5.93. The Morgan fingerprint density at radius 3 is 2.86 bits per heavy atom. The van der Waals surface area contributed by atoms with Crippen molar-refractivity contribution in [3.63, 3.8) is 0 Å². The van der Waals surface area contributed by atoms with E-state index < -0.39 is 0 Å². The SMILES string of the molecule is Cc1ccc(C2CN(C(=O)c3ncccc3C)CCO2)nc1. The lowest BCUT2D eigenvalue weighted by Gasteiger charge is -2.32. The van der Waals surface area contributed by atoms with E-state index in [9.17, 15) is 4.79 Å². The van der Waals surface area contributed by atoms with Crippen molar-refractivity contribution in [2.24, 2.45) is 0 Å². The molecule has 0 aromatic carbocycles. The lowest BCUT2D eigenvalue weighted by atomic mass is 10.1. The first-order chi connectivity index (χ1) is 10.6. The van der Waals surface area contributed by atoms with E-state index in [0.29, 0.717) is 25.4 Å². The van der Waals surface area contributed by atoms with Gasteiger partial charge in [-0.3, -0.25) is 14.8 Å². The summed E-state index contributed by atoms with van der Waals surface area (Å²) in [5.41, 5.74) is 3.38. The molecule has 0 aliphatic carbocycles. The predicted molar refractivity (Wildman–Crippen MR) is 82.5 cm³/mol. The summed E-state index contributed by atoms with van der Waals surface area (Å²) in [5, 5.41) is 0. The number of ether oxygens (including phenoxy) is 1. The summed E-state index contributed by atoms with van der Waals surface area (Å²) in [7, 11) is 0. The van der Waals surface area contributed by atoms with E-state index in [2.05, 4.69) is 9.97 Å². The van der Waals surface area contributed by atoms with Crippen molar-refractivity contribution in [1.29, 1.82) is 0 Å². The van der Waals surface area contributed by atoms with Crippen molar-refractivity contribution in [3.05, 3.63) is 59.2 Å². The molecule has 0 radical (unpaired) electrons. The van der Waals surface area contributed by atoms with Crippen LogP contribution in [0.1, 0.15) is 33.4 Å². The minimum atomic E-state index is -0.178. The zero-order chi connectivity index (χ0) is 15.5. The molecule has 5 heteroatoms. The van der Waals surface area contributed by atoms with Crippen molar-refractivity contribution < 1.29 is 9.53 Å². The van der Waals surface area contributed by atoms with E-state index >= 15 is 0 Å². The Morgan fingerprint density at radius 1 is 1.27 bits per heavy atom. The second-order valence-electron chi connectivity index (χ2n) is 5.54. The molecule has 1 fully saturated rings. The van der Waals surface area contributed by atoms with Crippen molar-refractivity contribution >= 4 is 5.91 Å². The third-order valence-corrected chi connectivity index (χ3v) is 3.83. The molecule has 5 nitrogen and oxygen atoms in total. The number of hydrogen-bond donors (Lipinski definition) is 0. The molecular formula is C17H19N3O2. The van der Waals surface area contributed by atoms with Crippen LogP contribution >= 0.6 is 0 Å². The average Bonchev–Trinajstić information content (AvgIpc) is 2.55. The molecule has 0 saturated carbocycles. The summed E-state index contributed by atoms with van der Waals surface area (Å²) in [6, 6.07) is 7.71. The zero-order valence-electron chi connectivity index (χ0n) is 12.8. The molecule has 0 spiro atoms. The quantitative estimate of drug-likeness (QED) is 0.853. The lowest BCUT2D eigenvalue weighted by molar-refractivity contribution is -0.0249. The van der Waals surface area contributed by atoms with Gasteiger partial charge in [-0.05, 0) is 37.1 Å². The summed E-state index contributed by atoms with van der Waals surface area (Å²) >= 11 is 0. The maximum Gasteiger partial charge on any atom is 0.272 e. The first-order valence-corrected chi connectivity index (χ1v) is 7.40. The molecule has 2 aromatic rings. The smallest absolute Gasteiger partial charge is 0.272 e. The number of nitrogens with zero attached hydrogens (tertiary/aromatic N) is 3. The van der Waals surface area contributed by atoms with E-state index in [0.717, 1.165) is 16.8 Å². The zero-order valence-corrected chi connectivity index (χ0v) is 12.8. The fourth-order valence-corrected chi connectivity index (χ4v) is 2.54. The number of carbonyl (C=O) groups is 1. The Balaban J connectivity index is 1.77. The van der Waals surface area contributed by atoms with Crippen molar-refractivity contribution in [3.8, 4) is 0 Å². The fourth-order valence-electron chi connectivity index (χ4n) is 2.54. The molecule has 2 aromatic heterocycles. The molecular weight excluding hydrogens is 278 g/mol. The maximum atomic E-state index is 12.6. The second kappa shape index (κ2) is 6.23. The summed E-state index contributed by atoms with van der Waals surface area (Å²) in [6.07, 6.45) is 3.30. The standard InChI is InChI=1S/C17H19N3O2/c1-12-5-6-14(19-10-12)15-11-20(8-9-22-15)17(21)16-13(2)4-3-7-18-16/h3-7,10,15H,8-9,11H2,1-2H3. The Kier molecular flexibility index (Phi) is 4.15. The van der Waals surface area contributed by atoms with Gasteiger partial charge in [0.05, 0.1) is 18.8 Å². The predicted octanol–water partition coefficient (Wildman–Crippen LogP) is 2.31.